The summed E-state index contributed by atoms with van der Waals surface area (Å²) in [6.45, 7) is 4.56. The van der Waals surface area contributed by atoms with E-state index < -0.39 is 0 Å². The number of nitrogens with one attached hydrogen (secondary N) is 2. The predicted molar refractivity (Wildman–Crippen MR) is 109 cm³/mol. The van der Waals surface area contributed by atoms with Crippen LogP contribution in [0.25, 0.3) is 0 Å². The Kier molecular flexibility index (Phi) is 6.44. The van der Waals surface area contributed by atoms with E-state index in [1.165, 1.54) is 10.4 Å². The van der Waals surface area contributed by atoms with Gasteiger partial charge in [0.15, 0.2) is 5.96 Å². The lowest BCUT2D eigenvalue weighted by atomic mass is 10.1. The monoisotopic (exact) mass is 367 g/mol. The first-order valence-electron chi connectivity index (χ1n) is 8.78. The van der Waals surface area contributed by atoms with E-state index in [0.717, 1.165) is 24.6 Å². The van der Waals surface area contributed by atoms with Gasteiger partial charge in [0.2, 0.25) is 0 Å². The fourth-order valence-corrected chi connectivity index (χ4v) is 3.47. The van der Waals surface area contributed by atoms with Gasteiger partial charge in [-0.2, -0.15) is 5.10 Å². The van der Waals surface area contributed by atoms with Crippen LogP contribution in [0.15, 0.2) is 65.2 Å². The lowest BCUT2D eigenvalue weighted by molar-refractivity contribution is 0.685. The van der Waals surface area contributed by atoms with Gasteiger partial charge in [-0.25, -0.2) is 0 Å². The summed E-state index contributed by atoms with van der Waals surface area (Å²) >= 11 is 1.79. The van der Waals surface area contributed by atoms with E-state index in [1.54, 1.807) is 18.4 Å². The van der Waals surface area contributed by atoms with Crippen molar-refractivity contribution in [2.75, 3.05) is 13.6 Å². The summed E-state index contributed by atoms with van der Waals surface area (Å²) in [5.74, 6) is 1.27. The summed E-state index contributed by atoms with van der Waals surface area (Å²) < 4.78 is 1.96. The molecule has 0 bridgehead atoms. The molecule has 136 valence electrons. The number of rotatable bonds is 7. The molecule has 3 rings (SSSR count). The molecule has 0 aliphatic carbocycles. The molecule has 5 nitrogen and oxygen atoms in total. The highest BCUT2D eigenvalue weighted by molar-refractivity contribution is 7.10. The molecule has 0 fully saturated rings. The Morgan fingerprint density at radius 2 is 2.00 bits per heavy atom. The minimum Gasteiger partial charge on any atom is -0.356 e. The second-order valence-electron chi connectivity index (χ2n) is 6.25. The number of guanidine groups is 1. The molecule has 1 atom stereocenters. The zero-order chi connectivity index (χ0) is 18.2. The third-order valence-electron chi connectivity index (χ3n) is 4.16. The van der Waals surface area contributed by atoms with Crippen molar-refractivity contribution < 1.29 is 0 Å². The summed E-state index contributed by atoms with van der Waals surface area (Å²) in [5, 5.41) is 13.3. The van der Waals surface area contributed by atoms with E-state index >= 15 is 0 Å². The largest absolute Gasteiger partial charge is 0.356 e. The first-order chi connectivity index (χ1) is 12.7. The Hall–Kier alpha value is -2.60. The zero-order valence-corrected chi connectivity index (χ0v) is 16.0. The molecule has 1 unspecified atom stereocenters. The highest BCUT2D eigenvalue weighted by atomic mass is 32.1. The van der Waals surface area contributed by atoms with Gasteiger partial charge in [0, 0.05) is 42.7 Å². The molecule has 2 heterocycles. The molecule has 26 heavy (non-hydrogen) atoms. The molecule has 3 aromatic rings. The number of benzene rings is 1. The SMILES string of the molecule is CN=C(NCc1cnn(Cc2ccccc2)c1)NCC(C)c1cccs1. The molecular weight excluding hydrogens is 342 g/mol. The van der Waals surface area contributed by atoms with Gasteiger partial charge < -0.3 is 10.6 Å². The van der Waals surface area contributed by atoms with Gasteiger partial charge in [0.1, 0.15) is 0 Å². The molecule has 2 N–H and O–H groups in total. The highest BCUT2D eigenvalue weighted by Crippen LogP contribution is 2.19. The Labute approximate surface area is 158 Å². The maximum absolute atomic E-state index is 4.44. The fourth-order valence-electron chi connectivity index (χ4n) is 2.68. The average molecular weight is 368 g/mol. The van der Waals surface area contributed by atoms with Gasteiger partial charge in [0.25, 0.3) is 0 Å². The molecule has 0 saturated heterocycles. The second-order valence-corrected chi connectivity index (χ2v) is 7.23. The van der Waals surface area contributed by atoms with Crippen molar-refractivity contribution in [3.8, 4) is 0 Å². The van der Waals surface area contributed by atoms with Crippen LogP contribution in [0.2, 0.25) is 0 Å². The standard InChI is InChI=1S/C20H25N5S/c1-16(19-9-6-10-26-19)11-22-20(21-2)23-12-18-13-24-25(15-18)14-17-7-4-3-5-8-17/h3-10,13,15-16H,11-12,14H2,1-2H3,(H2,21,22,23). The van der Waals surface area contributed by atoms with Crippen molar-refractivity contribution in [2.24, 2.45) is 4.99 Å². The molecule has 0 aliphatic rings. The van der Waals surface area contributed by atoms with Crippen molar-refractivity contribution in [1.82, 2.24) is 20.4 Å². The highest BCUT2D eigenvalue weighted by Gasteiger charge is 2.08. The summed E-state index contributed by atoms with van der Waals surface area (Å²) in [4.78, 5) is 5.69. The van der Waals surface area contributed by atoms with Crippen LogP contribution in [0, 0.1) is 0 Å². The van der Waals surface area contributed by atoms with Crippen LogP contribution in [0.1, 0.15) is 28.8 Å². The maximum Gasteiger partial charge on any atom is 0.191 e. The predicted octanol–water partition coefficient (Wildman–Crippen LogP) is 3.46. The summed E-state index contributed by atoms with van der Waals surface area (Å²) in [5.41, 5.74) is 2.38. The lowest BCUT2D eigenvalue weighted by Crippen LogP contribution is -2.38. The Balaban J connectivity index is 1.46. The summed E-state index contributed by atoms with van der Waals surface area (Å²) in [6.07, 6.45) is 3.97. The van der Waals surface area contributed by atoms with E-state index in [1.807, 2.05) is 29.1 Å². The first kappa shape index (κ1) is 18.2. The number of nitrogens with zero attached hydrogens (tertiary/aromatic N) is 3. The van der Waals surface area contributed by atoms with Gasteiger partial charge in [-0.05, 0) is 17.0 Å². The van der Waals surface area contributed by atoms with Crippen LogP contribution < -0.4 is 10.6 Å². The van der Waals surface area contributed by atoms with E-state index in [4.69, 9.17) is 0 Å². The topological polar surface area (TPSA) is 54.2 Å². The van der Waals surface area contributed by atoms with Crippen LogP contribution in [0.4, 0.5) is 0 Å². The average Bonchev–Trinajstić information content (AvgIpc) is 3.35. The molecule has 0 amide bonds. The maximum atomic E-state index is 4.44. The third kappa shape index (κ3) is 5.20. The van der Waals surface area contributed by atoms with Crippen LogP contribution in [-0.4, -0.2) is 29.3 Å². The molecule has 0 radical (unpaired) electrons. The molecule has 1 aromatic carbocycles. The number of aromatic nitrogens is 2. The Morgan fingerprint density at radius 3 is 2.73 bits per heavy atom. The lowest BCUT2D eigenvalue weighted by Gasteiger charge is -2.14. The van der Waals surface area contributed by atoms with Crippen molar-refractivity contribution in [2.45, 2.75) is 25.9 Å². The Morgan fingerprint density at radius 1 is 1.15 bits per heavy atom. The minimum atomic E-state index is 0.460. The minimum absolute atomic E-state index is 0.460. The number of thiophene rings is 1. The van der Waals surface area contributed by atoms with Crippen molar-refractivity contribution in [3.05, 3.63) is 76.2 Å². The van der Waals surface area contributed by atoms with Crippen molar-refractivity contribution >= 4 is 17.3 Å². The molecular formula is C20H25N5S. The number of aliphatic imine (C=N–C) groups is 1. The van der Waals surface area contributed by atoms with Gasteiger partial charge in [-0.15, -0.1) is 11.3 Å². The fraction of sp³-hybridized carbons (Fsp3) is 0.300. The molecule has 0 saturated carbocycles. The summed E-state index contributed by atoms with van der Waals surface area (Å²) in [7, 11) is 1.80. The molecule has 6 heteroatoms. The van der Waals surface area contributed by atoms with E-state index in [2.05, 4.69) is 63.5 Å². The zero-order valence-electron chi connectivity index (χ0n) is 15.2. The van der Waals surface area contributed by atoms with Crippen molar-refractivity contribution in [3.63, 3.8) is 0 Å². The van der Waals surface area contributed by atoms with E-state index in [0.29, 0.717) is 12.5 Å². The summed E-state index contributed by atoms with van der Waals surface area (Å²) in [6, 6.07) is 14.6. The van der Waals surface area contributed by atoms with Crippen molar-refractivity contribution in [1.29, 1.82) is 0 Å². The van der Waals surface area contributed by atoms with Gasteiger partial charge in [-0.3, -0.25) is 9.67 Å². The quantitative estimate of drug-likeness (QED) is 0.497. The van der Waals surface area contributed by atoms with Crippen LogP contribution in [0.5, 0.6) is 0 Å². The number of hydrogen-bond acceptors (Lipinski definition) is 3. The van der Waals surface area contributed by atoms with Gasteiger partial charge >= 0.3 is 0 Å². The normalized spacial score (nSPS) is 12.8. The van der Waals surface area contributed by atoms with Gasteiger partial charge in [0.05, 0.1) is 12.7 Å². The van der Waals surface area contributed by atoms with E-state index in [9.17, 15) is 0 Å². The molecule has 2 aromatic heterocycles. The Bertz CT molecular complexity index is 808. The smallest absolute Gasteiger partial charge is 0.191 e. The molecule has 0 aliphatic heterocycles. The van der Waals surface area contributed by atoms with Gasteiger partial charge in [-0.1, -0.05) is 43.3 Å². The molecule has 0 spiro atoms. The third-order valence-corrected chi connectivity index (χ3v) is 5.27. The first-order valence-corrected chi connectivity index (χ1v) is 9.65. The number of hydrogen-bond donors (Lipinski definition) is 2. The van der Waals surface area contributed by atoms with Crippen LogP contribution >= 0.6 is 11.3 Å². The van der Waals surface area contributed by atoms with E-state index in [-0.39, 0.29) is 0 Å². The van der Waals surface area contributed by atoms with Crippen LogP contribution in [-0.2, 0) is 13.1 Å². The van der Waals surface area contributed by atoms with Crippen LogP contribution in [0.3, 0.4) is 0 Å². The second kappa shape index (κ2) is 9.20.